The summed E-state index contributed by atoms with van der Waals surface area (Å²) in [6, 6.07) is 0. The van der Waals surface area contributed by atoms with E-state index in [-0.39, 0.29) is 12.0 Å². The Morgan fingerprint density at radius 2 is 2.20 bits per heavy atom. The van der Waals surface area contributed by atoms with Crippen molar-refractivity contribution in [3.8, 4) is 0 Å². The first-order valence-electron chi connectivity index (χ1n) is 5.87. The largest absolute Gasteiger partial charge is 0.393 e. The van der Waals surface area contributed by atoms with Crippen LogP contribution in [-0.4, -0.2) is 30.2 Å². The van der Waals surface area contributed by atoms with Gasteiger partial charge in [-0.1, -0.05) is 0 Å². The second kappa shape index (κ2) is 6.80. The van der Waals surface area contributed by atoms with Gasteiger partial charge in [0.25, 0.3) is 0 Å². The molecule has 1 aliphatic carbocycles. The van der Waals surface area contributed by atoms with E-state index in [9.17, 15) is 9.90 Å². The summed E-state index contributed by atoms with van der Waals surface area (Å²) < 4.78 is 0. The van der Waals surface area contributed by atoms with E-state index in [4.69, 9.17) is 5.73 Å². The molecule has 1 saturated carbocycles. The maximum Gasteiger partial charge on any atom is 0.220 e. The molecule has 0 saturated heterocycles. The molecule has 2 atom stereocenters. The van der Waals surface area contributed by atoms with Gasteiger partial charge in [-0.05, 0) is 44.6 Å². The predicted molar refractivity (Wildman–Crippen MR) is 59.3 cm³/mol. The van der Waals surface area contributed by atoms with E-state index in [0.29, 0.717) is 18.9 Å². The zero-order valence-electron chi connectivity index (χ0n) is 9.24. The number of unbranched alkanes of at least 4 members (excludes halogenated alkanes) is 1. The van der Waals surface area contributed by atoms with Crippen LogP contribution in [-0.2, 0) is 4.79 Å². The lowest BCUT2D eigenvalue weighted by atomic mass is 10.1. The highest BCUT2D eigenvalue weighted by Gasteiger charge is 2.22. The Balaban J connectivity index is 2.01. The monoisotopic (exact) mass is 214 g/mol. The number of nitrogens with two attached hydrogens (primary N) is 1. The van der Waals surface area contributed by atoms with Gasteiger partial charge < -0.3 is 16.2 Å². The molecule has 0 radical (unpaired) electrons. The molecule has 88 valence electrons. The van der Waals surface area contributed by atoms with Crippen molar-refractivity contribution in [2.45, 2.75) is 44.6 Å². The van der Waals surface area contributed by atoms with Crippen molar-refractivity contribution in [2.75, 3.05) is 13.1 Å². The van der Waals surface area contributed by atoms with Gasteiger partial charge in [0.1, 0.15) is 0 Å². The Bertz CT molecular complexity index is 197. The molecular formula is C11H22N2O2. The molecule has 2 unspecified atom stereocenters. The van der Waals surface area contributed by atoms with Crippen LogP contribution < -0.4 is 11.1 Å². The van der Waals surface area contributed by atoms with Gasteiger partial charge in [-0.15, -0.1) is 0 Å². The zero-order valence-corrected chi connectivity index (χ0v) is 9.24. The summed E-state index contributed by atoms with van der Waals surface area (Å²) in [4.78, 5) is 11.3. The standard InChI is InChI=1S/C11H22N2O2/c12-6-2-1-3-11(15)13-8-9-4-5-10(14)7-9/h9-10,14H,1-8,12H2,(H,13,15). The highest BCUT2D eigenvalue weighted by Crippen LogP contribution is 2.24. The fourth-order valence-electron chi connectivity index (χ4n) is 2.01. The molecule has 0 aromatic rings. The zero-order chi connectivity index (χ0) is 11.1. The Morgan fingerprint density at radius 3 is 2.80 bits per heavy atom. The summed E-state index contributed by atoms with van der Waals surface area (Å²) >= 11 is 0. The maximum absolute atomic E-state index is 11.3. The first-order valence-corrected chi connectivity index (χ1v) is 5.87. The smallest absolute Gasteiger partial charge is 0.220 e. The van der Waals surface area contributed by atoms with E-state index in [1.54, 1.807) is 0 Å². The van der Waals surface area contributed by atoms with Crippen LogP contribution in [0, 0.1) is 5.92 Å². The maximum atomic E-state index is 11.3. The summed E-state index contributed by atoms with van der Waals surface area (Å²) in [6.07, 6.45) is 4.96. The normalized spacial score (nSPS) is 25.5. The van der Waals surface area contributed by atoms with Crippen molar-refractivity contribution in [2.24, 2.45) is 11.7 Å². The quantitative estimate of drug-likeness (QED) is 0.560. The van der Waals surface area contributed by atoms with Gasteiger partial charge in [0.2, 0.25) is 5.91 Å². The van der Waals surface area contributed by atoms with E-state index in [2.05, 4.69) is 5.32 Å². The highest BCUT2D eigenvalue weighted by atomic mass is 16.3. The van der Waals surface area contributed by atoms with Gasteiger partial charge in [0, 0.05) is 13.0 Å². The summed E-state index contributed by atoms with van der Waals surface area (Å²) in [5, 5.41) is 12.2. The molecule has 0 bridgehead atoms. The van der Waals surface area contributed by atoms with Crippen LogP contribution >= 0.6 is 0 Å². The predicted octanol–water partition coefficient (Wildman–Crippen LogP) is 0.393. The van der Waals surface area contributed by atoms with Gasteiger partial charge >= 0.3 is 0 Å². The Kier molecular flexibility index (Phi) is 5.65. The fraction of sp³-hybridized carbons (Fsp3) is 0.909. The molecule has 1 aliphatic rings. The van der Waals surface area contributed by atoms with Crippen LogP contribution in [0.1, 0.15) is 38.5 Å². The number of aliphatic hydroxyl groups excluding tert-OH is 1. The Labute approximate surface area is 91.2 Å². The van der Waals surface area contributed by atoms with Crippen molar-refractivity contribution >= 4 is 5.91 Å². The number of aliphatic hydroxyl groups is 1. The molecular weight excluding hydrogens is 192 g/mol. The molecule has 0 aromatic heterocycles. The topological polar surface area (TPSA) is 75.4 Å². The lowest BCUT2D eigenvalue weighted by Gasteiger charge is -2.10. The average Bonchev–Trinajstić information content (AvgIpc) is 2.62. The highest BCUT2D eigenvalue weighted by molar-refractivity contribution is 5.75. The average molecular weight is 214 g/mol. The molecule has 0 heterocycles. The summed E-state index contributed by atoms with van der Waals surface area (Å²) in [5.41, 5.74) is 5.34. The molecule has 0 aromatic carbocycles. The van der Waals surface area contributed by atoms with Crippen LogP contribution in [0.5, 0.6) is 0 Å². The molecule has 4 N–H and O–H groups in total. The van der Waals surface area contributed by atoms with Crippen molar-refractivity contribution in [3.05, 3.63) is 0 Å². The molecule has 4 nitrogen and oxygen atoms in total. The number of hydrogen-bond acceptors (Lipinski definition) is 3. The Morgan fingerprint density at radius 1 is 1.40 bits per heavy atom. The lowest BCUT2D eigenvalue weighted by molar-refractivity contribution is -0.121. The summed E-state index contributed by atoms with van der Waals surface area (Å²) in [6.45, 7) is 1.38. The van der Waals surface area contributed by atoms with E-state index in [0.717, 1.165) is 38.6 Å². The minimum atomic E-state index is -0.149. The minimum absolute atomic E-state index is 0.116. The van der Waals surface area contributed by atoms with Crippen LogP contribution in [0.3, 0.4) is 0 Å². The van der Waals surface area contributed by atoms with E-state index in [1.165, 1.54) is 0 Å². The third-order valence-electron chi connectivity index (χ3n) is 2.96. The third-order valence-corrected chi connectivity index (χ3v) is 2.96. The van der Waals surface area contributed by atoms with Gasteiger partial charge in [0.15, 0.2) is 0 Å². The minimum Gasteiger partial charge on any atom is -0.393 e. The second-order valence-corrected chi connectivity index (χ2v) is 4.38. The van der Waals surface area contributed by atoms with Crippen LogP contribution in [0.15, 0.2) is 0 Å². The number of carbonyl (C=O) groups excluding carboxylic acids is 1. The number of nitrogens with one attached hydrogen (secondary N) is 1. The Hall–Kier alpha value is -0.610. The van der Waals surface area contributed by atoms with Gasteiger partial charge in [0.05, 0.1) is 6.10 Å². The van der Waals surface area contributed by atoms with Crippen LogP contribution in [0.2, 0.25) is 0 Å². The molecule has 0 aliphatic heterocycles. The van der Waals surface area contributed by atoms with E-state index >= 15 is 0 Å². The number of amides is 1. The third kappa shape index (κ3) is 5.14. The molecule has 1 fully saturated rings. The van der Waals surface area contributed by atoms with Crippen molar-refractivity contribution < 1.29 is 9.90 Å². The van der Waals surface area contributed by atoms with Crippen LogP contribution in [0.25, 0.3) is 0 Å². The van der Waals surface area contributed by atoms with E-state index < -0.39 is 0 Å². The first kappa shape index (κ1) is 12.5. The SMILES string of the molecule is NCCCCC(=O)NCC1CCC(O)C1. The molecule has 0 spiro atoms. The summed E-state index contributed by atoms with van der Waals surface area (Å²) in [7, 11) is 0. The van der Waals surface area contributed by atoms with Crippen LogP contribution in [0.4, 0.5) is 0 Å². The second-order valence-electron chi connectivity index (χ2n) is 4.38. The van der Waals surface area contributed by atoms with E-state index in [1.807, 2.05) is 0 Å². The number of carbonyl (C=O) groups is 1. The fourth-order valence-corrected chi connectivity index (χ4v) is 2.01. The molecule has 4 heteroatoms. The molecule has 1 rings (SSSR count). The van der Waals surface area contributed by atoms with Crippen molar-refractivity contribution in [1.82, 2.24) is 5.32 Å². The first-order chi connectivity index (χ1) is 7.22. The van der Waals surface area contributed by atoms with Crippen molar-refractivity contribution in [1.29, 1.82) is 0 Å². The summed E-state index contributed by atoms with van der Waals surface area (Å²) in [5.74, 6) is 0.586. The van der Waals surface area contributed by atoms with Gasteiger partial charge in [-0.25, -0.2) is 0 Å². The molecule has 15 heavy (non-hydrogen) atoms. The number of rotatable bonds is 6. The number of hydrogen-bond donors (Lipinski definition) is 3. The van der Waals surface area contributed by atoms with Crippen molar-refractivity contribution in [3.63, 3.8) is 0 Å². The van der Waals surface area contributed by atoms with Gasteiger partial charge in [-0.2, -0.15) is 0 Å². The molecule has 1 amide bonds. The van der Waals surface area contributed by atoms with Gasteiger partial charge in [-0.3, -0.25) is 4.79 Å². The lowest BCUT2D eigenvalue weighted by Crippen LogP contribution is -2.28.